The number of aromatic amines is 1. The molecule has 0 aliphatic carbocycles. The zero-order valence-corrected chi connectivity index (χ0v) is 6.59. The highest BCUT2D eigenvalue weighted by atomic mass is 79.9. The van der Waals surface area contributed by atoms with Crippen molar-refractivity contribution in [2.45, 2.75) is 0 Å². The van der Waals surface area contributed by atoms with Crippen molar-refractivity contribution in [1.82, 2.24) is 9.97 Å². The average Bonchev–Trinajstić information content (AvgIpc) is 1.88. The van der Waals surface area contributed by atoms with Gasteiger partial charge in [-0.25, -0.2) is 4.99 Å². The smallest absolute Gasteiger partial charge is 0.191 e. The van der Waals surface area contributed by atoms with Gasteiger partial charge in [0.2, 0.25) is 0 Å². The Morgan fingerprint density at radius 3 is 3.10 bits per heavy atom. The van der Waals surface area contributed by atoms with Gasteiger partial charge in [-0.05, 0) is 15.9 Å². The van der Waals surface area contributed by atoms with E-state index >= 15 is 0 Å². The van der Waals surface area contributed by atoms with E-state index in [1.165, 1.54) is 6.20 Å². The fourth-order valence-electron chi connectivity index (χ4n) is 0.483. The summed E-state index contributed by atoms with van der Waals surface area (Å²) in [4.78, 5) is 10.3. The lowest BCUT2D eigenvalue weighted by molar-refractivity contribution is 1.09. The van der Waals surface area contributed by atoms with Crippen LogP contribution in [0.3, 0.4) is 0 Å². The van der Waals surface area contributed by atoms with Crippen LogP contribution in [0.4, 0.5) is 0 Å². The Morgan fingerprint density at radius 1 is 1.80 bits per heavy atom. The molecule has 10 heavy (non-hydrogen) atoms. The van der Waals surface area contributed by atoms with Crippen molar-refractivity contribution in [1.29, 1.82) is 5.41 Å². The molecule has 1 aromatic heterocycles. The quantitative estimate of drug-likeness (QED) is 0.361. The molecule has 1 rings (SSSR count). The van der Waals surface area contributed by atoms with Crippen LogP contribution in [0, 0.1) is 5.41 Å². The predicted octanol–water partition coefficient (Wildman–Crippen LogP) is 0.640. The van der Waals surface area contributed by atoms with E-state index in [9.17, 15) is 0 Å². The molecule has 52 valence electrons. The fraction of sp³-hybridized carbons (Fsp3) is 0. The number of nitrogens with zero attached hydrogens (tertiary/aromatic N) is 2. The van der Waals surface area contributed by atoms with Crippen molar-refractivity contribution in [2.24, 2.45) is 4.99 Å². The first-order valence-corrected chi connectivity index (χ1v) is 3.36. The Labute approximate surface area is 65.7 Å². The van der Waals surface area contributed by atoms with Crippen LogP contribution >= 0.6 is 15.9 Å². The van der Waals surface area contributed by atoms with E-state index in [1.807, 2.05) is 0 Å². The topological polar surface area (TPSA) is 64.9 Å². The number of rotatable bonds is 0. The van der Waals surface area contributed by atoms with Gasteiger partial charge < -0.3 is 4.98 Å². The number of hydrogen-bond donors (Lipinski definition) is 2. The van der Waals surface area contributed by atoms with Gasteiger partial charge in [0.25, 0.3) is 0 Å². The summed E-state index contributed by atoms with van der Waals surface area (Å²) < 4.78 is 0.0803. The third-order valence-electron chi connectivity index (χ3n) is 0.807. The summed E-state index contributed by atoms with van der Waals surface area (Å²) in [5.74, 6) is 0. The first-order valence-electron chi connectivity index (χ1n) is 2.56. The summed E-state index contributed by atoms with van der Waals surface area (Å²) in [6, 6.07) is 0. The molecule has 0 unspecified atom stereocenters. The number of aromatic nitrogens is 2. The SMILES string of the molecule is N=C(Br)/N=c1/cncc[nH]1. The maximum absolute atomic E-state index is 6.93. The van der Waals surface area contributed by atoms with E-state index in [1.54, 1.807) is 12.4 Å². The van der Waals surface area contributed by atoms with Crippen LogP contribution in [0.5, 0.6) is 0 Å². The third-order valence-corrected chi connectivity index (χ3v) is 0.985. The summed E-state index contributed by atoms with van der Waals surface area (Å²) in [5.41, 5.74) is 0.560. The lowest BCUT2D eigenvalue weighted by atomic mass is 10.7. The molecule has 0 saturated heterocycles. The Balaban J connectivity index is 3.06. The zero-order valence-electron chi connectivity index (χ0n) is 5.00. The van der Waals surface area contributed by atoms with E-state index < -0.39 is 0 Å². The minimum absolute atomic E-state index is 0.0803. The first kappa shape index (κ1) is 7.14. The molecule has 0 aliphatic rings. The van der Waals surface area contributed by atoms with Gasteiger partial charge in [-0.1, -0.05) is 0 Å². The molecule has 0 radical (unpaired) electrons. The lowest BCUT2D eigenvalue weighted by Crippen LogP contribution is -2.07. The molecular formula is C5H5BrN4. The molecule has 0 amide bonds. The molecule has 0 bridgehead atoms. The van der Waals surface area contributed by atoms with Crippen LogP contribution in [-0.2, 0) is 0 Å². The van der Waals surface area contributed by atoms with Crippen molar-refractivity contribution in [3.63, 3.8) is 0 Å². The minimum Gasteiger partial charge on any atom is -0.344 e. The summed E-state index contributed by atoms with van der Waals surface area (Å²) >= 11 is 2.88. The molecule has 5 heteroatoms. The Bertz CT molecular complexity index is 272. The number of halogens is 1. The third kappa shape index (κ3) is 2.10. The number of hydrogen-bond acceptors (Lipinski definition) is 2. The van der Waals surface area contributed by atoms with Crippen molar-refractivity contribution in [3.05, 3.63) is 24.1 Å². The van der Waals surface area contributed by atoms with Crippen molar-refractivity contribution in [3.8, 4) is 0 Å². The van der Waals surface area contributed by atoms with Crippen LogP contribution in [0.25, 0.3) is 0 Å². The van der Waals surface area contributed by atoms with E-state index in [-0.39, 0.29) is 4.74 Å². The van der Waals surface area contributed by atoms with E-state index in [0.29, 0.717) is 5.49 Å². The van der Waals surface area contributed by atoms with Crippen LogP contribution < -0.4 is 5.49 Å². The Hall–Kier alpha value is -0.970. The van der Waals surface area contributed by atoms with Crippen LogP contribution in [-0.4, -0.2) is 14.7 Å². The average molecular weight is 201 g/mol. The van der Waals surface area contributed by atoms with Gasteiger partial charge in [0.15, 0.2) is 10.2 Å². The monoisotopic (exact) mass is 200 g/mol. The Morgan fingerprint density at radius 2 is 2.60 bits per heavy atom. The van der Waals surface area contributed by atoms with Crippen LogP contribution in [0.2, 0.25) is 0 Å². The second-order valence-corrected chi connectivity index (χ2v) is 2.28. The highest BCUT2D eigenvalue weighted by molar-refractivity contribution is 9.18. The lowest BCUT2D eigenvalue weighted by Gasteiger charge is -1.83. The summed E-state index contributed by atoms with van der Waals surface area (Å²) in [5, 5.41) is 6.93. The Kier molecular flexibility index (Phi) is 2.33. The fourth-order valence-corrected chi connectivity index (χ4v) is 0.675. The van der Waals surface area contributed by atoms with Gasteiger partial charge in [-0.3, -0.25) is 10.4 Å². The molecule has 0 spiro atoms. The molecule has 0 aromatic carbocycles. The molecule has 1 heterocycles. The predicted molar refractivity (Wildman–Crippen MR) is 40.8 cm³/mol. The normalized spacial score (nSPS) is 11.5. The van der Waals surface area contributed by atoms with Gasteiger partial charge in [0.1, 0.15) is 0 Å². The van der Waals surface area contributed by atoms with Gasteiger partial charge in [0, 0.05) is 12.4 Å². The molecule has 0 atom stereocenters. The van der Waals surface area contributed by atoms with Gasteiger partial charge in [0.05, 0.1) is 6.20 Å². The van der Waals surface area contributed by atoms with E-state index in [0.717, 1.165) is 0 Å². The van der Waals surface area contributed by atoms with E-state index in [2.05, 4.69) is 30.9 Å². The van der Waals surface area contributed by atoms with Gasteiger partial charge >= 0.3 is 0 Å². The summed E-state index contributed by atoms with van der Waals surface area (Å²) in [7, 11) is 0. The highest BCUT2D eigenvalue weighted by Gasteiger charge is 1.80. The summed E-state index contributed by atoms with van der Waals surface area (Å²) in [6.07, 6.45) is 4.79. The zero-order chi connectivity index (χ0) is 7.40. The number of amidine groups is 1. The molecule has 1 aromatic rings. The van der Waals surface area contributed by atoms with Gasteiger partial charge in [-0.15, -0.1) is 0 Å². The second kappa shape index (κ2) is 3.26. The second-order valence-electron chi connectivity index (χ2n) is 1.53. The van der Waals surface area contributed by atoms with Crippen molar-refractivity contribution < 1.29 is 0 Å². The van der Waals surface area contributed by atoms with Crippen LogP contribution in [0.1, 0.15) is 0 Å². The number of H-pyrrole nitrogens is 1. The highest BCUT2D eigenvalue weighted by Crippen LogP contribution is 1.82. The first-order chi connectivity index (χ1) is 4.79. The largest absolute Gasteiger partial charge is 0.344 e. The van der Waals surface area contributed by atoms with E-state index in [4.69, 9.17) is 5.41 Å². The minimum atomic E-state index is 0.0803. The molecular weight excluding hydrogens is 196 g/mol. The van der Waals surface area contributed by atoms with Crippen molar-refractivity contribution in [2.75, 3.05) is 0 Å². The molecule has 2 N–H and O–H groups in total. The summed E-state index contributed by atoms with van der Waals surface area (Å²) in [6.45, 7) is 0. The standard InChI is InChI=1S/C5H5BrN4/c6-5(7)10-4-3-8-1-2-9-4/h1-3H,(H2,7,9,10). The molecule has 0 saturated carbocycles. The number of nitrogens with one attached hydrogen (secondary N) is 2. The molecule has 0 aliphatic heterocycles. The van der Waals surface area contributed by atoms with Crippen LogP contribution in [0.15, 0.2) is 23.6 Å². The van der Waals surface area contributed by atoms with Crippen molar-refractivity contribution >= 4 is 20.7 Å². The maximum atomic E-state index is 6.93. The molecule has 4 nitrogen and oxygen atoms in total. The maximum Gasteiger partial charge on any atom is 0.191 e. The van der Waals surface area contributed by atoms with Gasteiger partial charge in [-0.2, -0.15) is 0 Å². The molecule has 0 fully saturated rings.